The third-order valence-electron chi connectivity index (χ3n) is 4.39. The molecule has 0 aliphatic carbocycles. The van der Waals surface area contributed by atoms with Gasteiger partial charge < -0.3 is 9.42 Å². The molecule has 1 atom stereocenters. The molecule has 23 heavy (non-hydrogen) atoms. The summed E-state index contributed by atoms with van der Waals surface area (Å²) in [4.78, 5) is 21.1. The van der Waals surface area contributed by atoms with Crippen molar-refractivity contribution in [3.63, 3.8) is 0 Å². The maximum atomic E-state index is 12.3. The number of nitrogens with zero attached hydrogens (tertiary/aromatic N) is 4. The second-order valence-electron chi connectivity index (χ2n) is 7.41. The first kappa shape index (κ1) is 17.9. The molecule has 1 amide bonds. The molecule has 2 rings (SSSR count). The van der Waals surface area contributed by atoms with Crippen LogP contribution in [0.3, 0.4) is 0 Å². The van der Waals surface area contributed by atoms with Crippen molar-refractivity contribution in [3.8, 4) is 0 Å². The SMILES string of the molecule is CCCCc1noc(C(C)N2CCN(C(=O)C(C)(C)C)CC2)n1. The van der Waals surface area contributed by atoms with Gasteiger partial charge in [0.05, 0.1) is 6.04 Å². The van der Waals surface area contributed by atoms with Crippen LogP contribution in [-0.4, -0.2) is 52.0 Å². The van der Waals surface area contributed by atoms with Gasteiger partial charge in [0.25, 0.3) is 0 Å². The zero-order valence-corrected chi connectivity index (χ0v) is 15.1. The van der Waals surface area contributed by atoms with Crippen LogP contribution in [-0.2, 0) is 11.2 Å². The molecule has 0 N–H and O–H groups in total. The zero-order valence-electron chi connectivity index (χ0n) is 15.1. The second kappa shape index (κ2) is 7.43. The summed E-state index contributed by atoms with van der Waals surface area (Å²) >= 11 is 0. The summed E-state index contributed by atoms with van der Waals surface area (Å²) < 4.78 is 5.42. The number of carbonyl (C=O) groups excluding carboxylic acids is 1. The molecule has 6 heteroatoms. The van der Waals surface area contributed by atoms with Crippen LogP contribution in [0.2, 0.25) is 0 Å². The Morgan fingerprint density at radius 2 is 1.91 bits per heavy atom. The van der Waals surface area contributed by atoms with Gasteiger partial charge in [0.15, 0.2) is 5.82 Å². The lowest BCUT2D eigenvalue weighted by Gasteiger charge is -2.39. The minimum atomic E-state index is -0.311. The molecule has 0 aromatic carbocycles. The molecule has 0 bridgehead atoms. The van der Waals surface area contributed by atoms with Crippen LogP contribution in [0.1, 0.15) is 65.2 Å². The van der Waals surface area contributed by atoms with E-state index in [9.17, 15) is 4.79 Å². The molecule has 0 spiro atoms. The third kappa shape index (κ3) is 4.53. The molecule has 1 fully saturated rings. The van der Waals surface area contributed by atoms with E-state index in [0.717, 1.165) is 51.3 Å². The summed E-state index contributed by atoms with van der Waals surface area (Å²) in [5.41, 5.74) is -0.311. The van der Waals surface area contributed by atoms with Gasteiger partial charge in [-0.3, -0.25) is 9.69 Å². The van der Waals surface area contributed by atoms with Crippen LogP contribution in [0.15, 0.2) is 4.52 Å². The number of piperazine rings is 1. The summed E-state index contributed by atoms with van der Waals surface area (Å²) in [5.74, 6) is 1.71. The Morgan fingerprint density at radius 3 is 2.48 bits per heavy atom. The van der Waals surface area contributed by atoms with Gasteiger partial charge in [-0.05, 0) is 13.3 Å². The van der Waals surface area contributed by atoms with Gasteiger partial charge >= 0.3 is 0 Å². The monoisotopic (exact) mass is 322 g/mol. The van der Waals surface area contributed by atoms with E-state index in [2.05, 4.69) is 28.9 Å². The number of aromatic nitrogens is 2. The Hall–Kier alpha value is -1.43. The molecule has 1 saturated heterocycles. The predicted molar refractivity (Wildman–Crippen MR) is 88.9 cm³/mol. The number of amides is 1. The molecule has 0 radical (unpaired) electrons. The molecule has 1 aliphatic heterocycles. The van der Waals surface area contributed by atoms with Gasteiger partial charge in [0, 0.05) is 38.0 Å². The first-order valence-corrected chi connectivity index (χ1v) is 8.69. The Kier molecular flexibility index (Phi) is 5.79. The van der Waals surface area contributed by atoms with Crippen LogP contribution >= 0.6 is 0 Å². The molecule has 0 saturated carbocycles. The summed E-state index contributed by atoms with van der Waals surface area (Å²) in [6.07, 6.45) is 3.09. The zero-order chi connectivity index (χ0) is 17.0. The van der Waals surface area contributed by atoms with Gasteiger partial charge in [-0.2, -0.15) is 4.98 Å². The fraction of sp³-hybridized carbons (Fsp3) is 0.824. The highest BCUT2D eigenvalue weighted by Crippen LogP contribution is 2.23. The van der Waals surface area contributed by atoms with Crippen molar-refractivity contribution >= 4 is 5.91 Å². The van der Waals surface area contributed by atoms with Gasteiger partial charge in [-0.1, -0.05) is 39.3 Å². The molecule has 1 aliphatic rings. The average molecular weight is 322 g/mol. The number of hydrogen-bond donors (Lipinski definition) is 0. The highest BCUT2D eigenvalue weighted by molar-refractivity contribution is 5.81. The second-order valence-corrected chi connectivity index (χ2v) is 7.41. The van der Waals surface area contributed by atoms with E-state index in [4.69, 9.17) is 4.52 Å². The standard InChI is InChI=1S/C17H30N4O2/c1-6-7-8-14-18-15(23-19-14)13(2)20-9-11-21(12-10-20)16(22)17(3,4)5/h13H,6-12H2,1-5H3. The van der Waals surface area contributed by atoms with Crippen molar-refractivity contribution < 1.29 is 9.32 Å². The number of aryl methyl sites for hydroxylation is 1. The number of carbonyl (C=O) groups is 1. The van der Waals surface area contributed by atoms with Crippen LogP contribution in [0.5, 0.6) is 0 Å². The van der Waals surface area contributed by atoms with E-state index >= 15 is 0 Å². The quantitative estimate of drug-likeness (QED) is 0.834. The molecule has 1 aromatic rings. The van der Waals surface area contributed by atoms with Gasteiger partial charge in [-0.25, -0.2) is 0 Å². The molecule has 6 nitrogen and oxygen atoms in total. The highest BCUT2D eigenvalue weighted by atomic mass is 16.5. The first-order chi connectivity index (χ1) is 10.8. The van der Waals surface area contributed by atoms with E-state index in [0.29, 0.717) is 5.89 Å². The van der Waals surface area contributed by atoms with E-state index in [-0.39, 0.29) is 17.4 Å². The lowest BCUT2D eigenvalue weighted by Crippen LogP contribution is -2.52. The van der Waals surface area contributed by atoms with E-state index < -0.39 is 0 Å². The molecule has 130 valence electrons. The van der Waals surface area contributed by atoms with Crippen LogP contribution in [0, 0.1) is 5.41 Å². The maximum absolute atomic E-state index is 12.3. The van der Waals surface area contributed by atoms with E-state index in [1.54, 1.807) is 0 Å². The predicted octanol–water partition coefficient (Wildman–Crippen LogP) is 2.66. The minimum absolute atomic E-state index is 0.102. The van der Waals surface area contributed by atoms with Crippen LogP contribution < -0.4 is 0 Å². The summed E-state index contributed by atoms with van der Waals surface area (Å²) in [6, 6.07) is 0.102. The lowest BCUT2D eigenvalue weighted by atomic mass is 9.94. The summed E-state index contributed by atoms with van der Waals surface area (Å²) in [5, 5.41) is 4.07. The Balaban J connectivity index is 1.89. The van der Waals surface area contributed by atoms with Gasteiger partial charge in [0.2, 0.25) is 11.8 Å². The number of hydrogen-bond acceptors (Lipinski definition) is 5. The normalized spacial score (nSPS) is 18.2. The number of unbranched alkanes of at least 4 members (excludes halogenated alkanes) is 1. The van der Waals surface area contributed by atoms with Crippen molar-refractivity contribution in [3.05, 3.63) is 11.7 Å². The van der Waals surface area contributed by atoms with Crippen molar-refractivity contribution in [1.29, 1.82) is 0 Å². The fourth-order valence-corrected chi connectivity index (χ4v) is 2.82. The van der Waals surface area contributed by atoms with E-state index in [1.807, 2.05) is 25.7 Å². The maximum Gasteiger partial charge on any atom is 0.243 e. The molecular formula is C17H30N4O2. The Morgan fingerprint density at radius 1 is 1.26 bits per heavy atom. The summed E-state index contributed by atoms with van der Waals surface area (Å²) in [7, 11) is 0. The topological polar surface area (TPSA) is 62.5 Å². The average Bonchev–Trinajstić information content (AvgIpc) is 2.99. The van der Waals surface area contributed by atoms with Crippen LogP contribution in [0.4, 0.5) is 0 Å². The smallest absolute Gasteiger partial charge is 0.243 e. The van der Waals surface area contributed by atoms with Crippen LogP contribution in [0.25, 0.3) is 0 Å². The molecular weight excluding hydrogens is 292 g/mol. The lowest BCUT2D eigenvalue weighted by molar-refractivity contribution is -0.141. The molecule has 2 heterocycles. The van der Waals surface area contributed by atoms with E-state index in [1.165, 1.54) is 0 Å². The van der Waals surface area contributed by atoms with Gasteiger partial charge in [0.1, 0.15) is 0 Å². The largest absolute Gasteiger partial charge is 0.340 e. The Bertz CT molecular complexity index is 513. The minimum Gasteiger partial charge on any atom is -0.340 e. The number of rotatable bonds is 5. The van der Waals surface area contributed by atoms with Gasteiger partial charge in [-0.15, -0.1) is 0 Å². The van der Waals surface area contributed by atoms with Crippen molar-refractivity contribution in [2.75, 3.05) is 26.2 Å². The van der Waals surface area contributed by atoms with Crippen molar-refractivity contribution in [2.24, 2.45) is 5.41 Å². The first-order valence-electron chi connectivity index (χ1n) is 8.69. The highest BCUT2D eigenvalue weighted by Gasteiger charge is 2.32. The summed E-state index contributed by atoms with van der Waals surface area (Å²) in [6.45, 7) is 13.4. The van der Waals surface area contributed by atoms with Crippen molar-refractivity contribution in [1.82, 2.24) is 19.9 Å². The fourth-order valence-electron chi connectivity index (χ4n) is 2.82. The molecule has 1 unspecified atom stereocenters. The Labute approximate surface area is 139 Å². The molecule has 1 aromatic heterocycles. The van der Waals surface area contributed by atoms with Crippen molar-refractivity contribution in [2.45, 2.75) is 59.9 Å². The third-order valence-corrected chi connectivity index (χ3v) is 4.39.